The first kappa shape index (κ1) is 25.4. The van der Waals surface area contributed by atoms with E-state index in [9.17, 15) is 9.59 Å². The lowest BCUT2D eigenvalue weighted by Gasteiger charge is -2.18. The summed E-state index contributed by atoms with van der Waals surface area (Å²) in [7, 11) is 3.05. The van der Waals surface area contributed by atoms with E-state index in [-0.39, 0.29) is 18.0 Å². The number of nitrogens with one attached hydrogen (secondary N) is 1. The minimum atomic E-state index is -0.469. The van der Waals surface area contributed by atoms with E-state index in [1.54, 1.807) is 30.5 Å². The smallest absolute Gasteiger partial charge is 0.262 e. The Kier molecular flexibility index (Phi) is 8.00. The third-order valence-corrected chi connectivity index (χ3v) is 7.21. The standard InChI is InChI=1S/C27H29N3O5S/c1-5-17-9-11-18(12-10-17)28-25(31)24(6-2)36-27-29-21-15-23(34-4)22(33-3)14-20(21)26(32)30(27)16-19-8-7-13-35-19/h7-15,24H,5-6,16H2,1-4H3,(H,28,31)/t24-/m1/s1. The number of amides is 1. The van der Waals surface area contributed by atoms with Crippen molar-refractivity contribution in [3.8, 4) is 11.5 Å². The molecule has 9 heteroatoms. The first-order valence-corrected chi connectivity index (χ1v) is 12.6. The Labute approximate surface area is 213 Å². The van der Waals surface area contributed by atoms with Crippen molar-refractivity contribution in [1.82, 2.24) is 9.55 Å². The molecule has 0 spiro atoms. The number of carbonyl (C=O) groups excluding carboxylic acids is 1. The number of fused-ring (bicyclic) bond motifs is 1. The van der Waals surface area contributed by atoms with Crippen molar-refractivity contribution in [2.45, 2.75) is 43.6 Å². The van der Waals surface area contributed by atoms with Crippen LogP contribution in [0.25, 0.3) is 10.9 Å². The summed E-state index contributed by atoms with van der Waals surface area (Å²) in [5.74, 6) is 1.36. The molecule has 188 valence electrons. The van der Waals surface area contributed by atoms with E-state index in [4.69, 9.17) is 18.9 Å². The highest BCUT2D eigenvalue weighted by Gasteiger charge is 2.23. The summed E-state index contributed by atoms with van der Waals surface area (Å²) in [5.41, 5.74) is 2.13. The maximum atomic E-state index is 13.6. The zero-order chi connectivity index (χ0) is 25.7. The fourth-order valence-electron chi connectivity index (χ4n) is 3.81. The monoisotopic (exact) mass is 507 g/mol. The van der Waals surface area contributed by atoms with Gasteiger partial charge in [-0.15, -0.1) is 0 Å². The summed E-state index contributed by atoms with van der Waals surface area (Å²) in [4.78, 5) is 31.5. The molecule has 36 heavy (non-hydrogen) atoms. The normalized spacial score (nSPS) is 11.9. The molecule has 0 aliphatic heterocycles. The molecule has 0 saturated carbocycles. The van der Waals surface area contributed by atoms with Crippen LogP contribution in [0.4, 0.5) is 5.69 Å². The summed E-state index contributed by atoms with van der Waals surface area (Å²) in [6.07, 6.45) is 3.03. The number of carbonyl (C=O) groups is 1. The van der Waals surface area contributed by atoms with Gasteiger partial charge in [-0.05, 0) is 48.7 Å². The molecule has 0 bridgehead atoms. The lowest BCUT2D eigenvalue weighted by atomic mass is 10.1. The topological polar surface area (TPSA) is 95.6 Å². The highest BCUT2D eigenvalue weighted by Crippen LogP contribution is 2.32. The van der Waals surface area contributed by atoms with Crippen molar-refractivity contribution in [2.24, 2.45) is 0 Å². The second-order valence-electron chi connectivity index (χ2n) is 8.14. The average molecular weight is 508 g/mol. The molecule has 0 aliphatic carbocycles. The Morgan fingerprint density at radius 2 is 1.83 bits per heavy atom. The van der Waals surface area contributed by atoms with Crippen LogP contribution in [0.1, 0.15) is 31.6 Å². The lowest BCUT2D eigenvalue weighted by Crippen LogP contribution is -2.28. The number of furan rings is 1. The van der Waals surface area contributed by atoms with E-state index in [1.807, 2.05) is 31.2 Å². The molecule has 2 aromatic carbocycles. The lowest BCUT2D eigenvalue weighted by molar-refractivity contribution is -0.115. The molecular formula is C27H29N3O5S. The third kappa shape index (κ3) is 5.41. The molecule has 0 radical (unpaired) electrons. The number of nitrogens with zero attached hydrogens (tertiary/aromatic N) is 2. The van der Waals surface area contributed by atoms with E-state index < -0.39 is 5.25 Å². The highest BCUT2D eigenvalue weighted by molar-refractivity contribution is 8.00. The van der Waals surface area contributed by atoms with Crippen LogP contribution >= 0.6 is 11.8 Å². The Balaban J connectivity index is 1.72. The Bertz CT molecular complexity index is 1400. The number of benzene rings is 2. The van der Waals surface area contributed by atoms with Crippen LogP contribution in [0, 0.1) is 0 Å². The van der Waals surface area contributed by atoms with Crippen LogP contribution in [-0.4, -0.2) is 34.9 Å². The van der Waals surface area contributed by atoms with Crippen LogP contribution < -0.4 is 20.3 Å². The second kappa shape index (κ2) is 11.3. The number of rotatable bonds is 10. The van der Waals surface area contributed by atoms with Gasteiger partial charge in [0.15, 0.2) is 16.7 Å². The van der Waals surface area contributed by atoms with Gasteiger partial charge in [-0.2, -0.15) is 0 Å². The molecule has 1 amide bonds. The quantitative estimate of drug-likeness (QED) is 0.235. The second-order valence-corrected chi connectivity index (χ2v) is 9.31. The van der Waals surface area contributed by atoms with Gasteiger partial charge in [-0.25, -0.2) is 4.98 Å². The van der Waals surface area contributed by atoms with E-state index in [0.717, 1.165) is 12.1 Å². The molecule has 0 aliphatic rings. The molecule has 2 heterocycles. The number of aromatic nitrogens is 2. The van der Waals surface area contributed by atoms with Crippen molar-refractivity contribution < 1.29 is 18.7 Å². The highest BCUT2D eigenvalue weighted by atomic mass is 32.2. The van der Waals surface area contributed by atoms with Gasteiger partial charge in [-0.3, -0.25) is 14.2 Å². The van der Waals surface area contributed by atoms with Crippen molar-refractivity contribution in [3.63, 3.8) is 0 Å². The zero-order valence-corrected chi connectivity index (χ0v) is 21.6. The maximum absolute atomic E-state index is 13.6. The molecule has 2 aromatic heterocycles. The molecule has 0 unspecified atom stereocenters. The number of thioether (sulfide) groups is 1. The SMILES string of the molecule is CCc1ccc(NC(=O)[C@@H](CC)Sc2nc3cc(OC)c(OC)cc3c(=O)n2Cc2ccco2)cc1. The minimum Gasteiger partial charge on any atom is -0.493 e. The Morgan fingerprint density at radius 1 is 1.11 bits per heavy atom. The predicted molar refractivity (Wildman–Crippen MR) is 141 cm³/mol. The van der Waals surface area contributed by atoms with E-state index in [2.05, 4.69) is 12.2 Å². The van der Waals surface area contributed by atoms with Gasteiger partial charge in [0.25, 0.3) is 5.56 Å². The van der Waals surface area contributed by atoms with Gasteiger partial charge in [-0.1, -0.05) is 37.7 Å². The Hall–Kier alpha value is -3.72. The predicted octanol–water partition coefficient (Wildman–Crippen LogP) is 5.13. The molecule has 1 N–H and O–H groups in total. The summed E-state index contributed by atoms with van der Waals surface area (Å²) in [6, 6.07) is 14.7. The van der Waals surface area contributed by atoms with Gasteiger partial charge in [0.05, 0.1) is 43.2 Å². The summed E-state index contributed by atoms with van der Waals surface area (Å²) < 4.78 is 17.8. The van der Waals surface area contributed by atoms with Gasteiger partial charge in [0, 0.05) is 11.8 Å². The average Bonchev–Trinajstić information content (AvgIpc) is 3.42. The van der Waals surface area contributed by atoms with Gasteiger partial charge in [0.1, 0.15) is 5.76 Å². The molecule has 8 nitrogen and oxygen atoms in total. The van der Waals surface area contributed by atoms with Crippen LogP contribution in [0.5, 0.6) is 11.5 Å². The van der Waals surface area contributed by atoms with Crippen LogP contribution in [-0.2, 0) is 17.8 Å². The molecule has 0 fully saturated rings. The summed E-state index contributed by atoms with van der Waals surface area (Å²) in [5, 5.41) is 3.32. The first-order chi connectivity index (χ1) is 17.5. The molecule has 0 saturated heterocycles. The number of hydrogen-bond acceptors (Lipinski definition) is 7. The van der Waals surface area contributed by atoms with Crippen LogP contribution in [0.3, 0.4) is 0 Å². The first-order valence-electron chi connectivity index (χ1n) is 11.7. The minimum absolute atomic E-state index is 0.155. The van der Waals surface area contributed by atoms with Gasteiger partial charge < -0.3 is 19.2 Å². The van der Waals surface area contributed by atoms with E-state index in [1.165, 1.54) is 36.1 Å². The fourth-order valence-corrected chi connectivity index (χ4v) is 4.82. The summed E-state index contributed by atoms with van der Waals surface area (Å²) >= 11 is 1.25. The zero-order valence-electron chi connectivity index (χ0n) is 20.7. The van der Waals surface area contributed by atoms with Gasteiger partial charge >= 0.3 is 0 Å². The maximum Gasteiger partial charge on any atom is 0.262 e. The van der Waals surface area contributed by atoms with Crippen LogP contribution in [0.2, 0.25) is 0 Å². The fraction of sp³-hybridized carbons (Fsp3) is 0.296. The number of methoxy groups -OCH3 is 2. The number of ether oxygens (including phenoxy) is 2. The molecule has 1 atom stereocenters. The van der Waals surface area contributed by atoms with Crippen molar-refractivity contribution >= 4 is 34.3 Å². The molecular weight excluding hydrogens is 478 g/mol. The van der Waals surface area contributed by atoms with Gasteiger partial charge in [0.2, 0.25) is 5.91 Å². The number of aryl methyl sites for hydroxylation is 1. The van der Waals surface area contributed by atoms with Crippen LogP contribution in [0.15, 0.2) is 69.2 Å². The largest absolute Gasteiger partial charge is 0.493 e. The van der Waals surface area contributed by atoms with Crippen molar-refractivity contribution in [1.29, 1.82) is 0 Å². The molecule has 4 aromatic rings. The van der Waals surface area contributed by atoms with E-state index >= 15 is 0 Å². The Morgan fingerprint density at radius 3 is 2.44 bits per heavy atom. The third-order valence-electron chi connectivity index (χ3n) is 5.86. The van der Waals surface area contributed by atoms with E-state index in [0.29, 0.717) is 39.7 Å². The molecule has 4 rings (SSSR count). The van der Waals surface area contributed by atoms with Crippen molar-refractivity contribution in [3.05, 3.63) is 76.5 Å². The van der Waals surface area contributed by atoms with Crippen molar-refractivity contribution in [2.75, 3.05) is 19.5 Å². The number of hydrogen-bond donors (Lipinski definition) is 1. The summed E-state index contributed by atoms with van der Waals surface area (Å²) in [6.45, 7) is 4.20. The number of anilines is 1.